The van der Waals surface area contributed by atoms with Crippen LogP contribution in [0.25, 0.3) is 11.0 Å². The molecule has 1 aliphatic heterocycles. The molecule has 1 aromatic heterocycles. The average molecular weight is 417 g/mol. The van der Waals surface area contributed by atoms with E-state index in [0.717, 1.165) is 42.0 Å². The Morgan fingerprint density at radius 1 is 1.04 bits per heavy atom. The smallest absolute Gasteiger partial charge is 0.338 e. The van der Waals surface area contributed by atoms with E-state index in [4.69, 9.17) is 27.6 Å². The summed E-state index contributed by atoms with van der Waals surface area (Å²) in [7, 11) is 0. The molecule has 0 aliphatic carbocycles. The van der Waals surface area contributed by atoms with Gasteiger partial charge in [-0.25, -0.2) is 4.79 Å². The van der Waals surface area contributed by atoms with Gasteiger partial charge in [0.2, 0.25) is 0 Å². The maximum atomic E-state index is 11.9. The number of fused-ring (bicyclic) bond motifs is 1. The van der Waals surface area contributed by atoms with Gasteiger partial charge in [-0.3, -0.25) is 4.90 Å². The molecular formula is C22H22Cl2N2O2. The van der Waals surface area contributed by atoms with Gasteiger partial charge in [0, 0.05) is 46.7 Å². The van der Waals surface area contributed by atoms with Crippen LogP contribution >= 0.6 is 23.2 Å². The summed E-state index contributed by atoms with van der Waals surface area (Å²) in [5.74, 6) is 0. The highest BCUT2D eigenvalue weighted by atomic mass is 35.5. The molecule has 1 atom stereocenters. The monoisotopic (exact) mass is 416 g/mol. The van der Waals surface area contributed by atoms with Gasteiger partial charge in [0.1, 0.15) is 5.58 Å². The number of benzene rings is 2. The number of hydrogen-bond donors (Lipinski definition) is 1. The molecule has 1 unspecified atom stereocenters. The van der Waals surface area contributed by atoms with Crippen LogP contribution in [0.4, 0.5) is 5.69 Å². The normalized spacial score (nSPS) is 17.0. The summed E-state index contributed by atoms with van der Waals surface area (Å²) in [5, 5.41) is 5.76. The second-order valence-corrected chi connectivity index (χ2v) is 8.17. The zero-order valence-electron chi connectivity index (χ0n) is 15.6. The first-order valence-electron chi connectivity index (χ1n) is 9.49. The molecule has 0 radical (unpaired) electrons. The summed E-state index contributed by atoms with van der Waals surface area (Å²) in [4.78, 5) is 14.4. The predicted octanol–water partition coefficient (Wildman–Crippen LogP) is 5.74. The second-order valence-electron chi connectivity index (χ2n) is 7.30. The van der Waals surface area contributed by atoms with Gasteiger partial charge in [0.25, 0.3) is 0 Å². The molecule has 2 aromatic carbocycles. The lowest BCUT2D eigenvalue weighted by Crippen LogP contribution is -2.40. The molecule has 6 heteroatoms. The number of likely N-dealkylation sites (tertiary alicyclic amines) is 1. The minimum Gasteiger partial charge on any atom is -0.423 e. The molecule has 1 fully saturated rings. The van der Waals surface area contributed by atoms with E-state index in [2.05, 4.69) is 29.3 Å². The molecule has 4 rings (SSSR count). The van der Waals surface area contributed by atoms with E-state index in [9.17, 15) is 4.79 Å². The Morgan fingerprint density at radius 3 is 2.43 bits per heavy atom. The molecular weight excluding hydrogens is 395 g/mol. The molecule has 0 bridgehead atoms. The number of anilines is 1. The van der Waals surface area contributed by atoms with E-state index in [1.165, 1.54) is 11.6 Å². The molecule has 1 saturated heterocycles. The van der Waals surface area contributed by atoms with Crippen molar-refractivity contribution < 1.29 is 4.42 Å². The summed E-state index contributed by atoms with van der Waals surface area (Å²) in [6.07, 6.45) is 2.00. The van der Waals surface area contributed by atoms with Gasteiger partial charge in [-0.2, -0.15) is 0 Å². The van der Waals surface area contributed by atoms with Crippen LogP contribution in [0.3, 0.4) is 0 Å². The fraction of sp³-hybridized carbons (Fsp3) is 0.318. The summed E-state index contributed by atoms with van der Waals surface area (Å²) >= 11 is 12.1. The Morgan fingerprint density at radius 2 is 1.71 bits per heavy atom. The SMILES string of the molecule is CC(c1ccc(Cl)cc1)N1CCC(Nc2cc(=O)oc3ccc(Cl)cc23)CC1. The lowest BCUT2D eigenvalue weighted by Gasteiger charge is -2.37. The lowest BCUT2D eigenvalue weighted by atomic mass is 9.99. The molecule has 1 N–H and O–H groups in total. The van der Waals surface area contributed by atoms with Gasteiger partial charge in [-0.1, -0.05) is 35.3 Å². The molecule has 0 saturated carbocycles. The standard InChI is InChI=1S/C22H22Cl2N2O2/c1-14(15-2-4-16(23)5-3-15)26-10-8-18(9-11-26)25-20-13-22(27)28-21-7-6-17(24)12-19(20)21/h2-7,12-14,18,25H,8-11H2,1H3. The largest absolute Gasteiger partial charge is 0.423 e. The maximum absolute atomic E-state index is 11.9. The number of nitrogens with zero attached hydrogens (tertiary/aromatic N) is 1. The Balaban J connectivity index is 1.45. The first kappa shape index (κ1) is 19.3. The van der Waals surface area contributed by atoms with Crippen molar-refractivity contribution in [1.29, 1.82) is 0 Å². The Bertz CT molecular complexity index is 1020. The average Bonchev–Trinajstić information content (AvgIpc) is 2.69. The number of rotatable bonds is 4. The van der Waals surface area contributed by atoms with Crippen molar-refractivity contribution in [3.63, 3.8) is 0 Å². The first-order valence-corrected chi connectivity index (χ1v) is 10.2. The highest BCUT2D eigenvalue weighted by molar-refractivity contribution is 6.31. The zero-order chi connectivity index (χ0) is 19.7. The van der Waals surface area contributed by atoms with Crippen LogP contribution < -0.4 is 10.9 Å². The second kappa shape index (κ2) is 8.16. The van der Waals surface area contributed by atoms with Crippen molar-refractivity contribution in [3.05, 3.63) is 74.6 Å². The van der Waals surface area contributed by atoms with Gasteiger partial charge in [-0.05, 0) is 55.7 Å². The van der Waals surface area contributed by atoms with Crippen molar-refractivity contribution in [2.45, 2.75) is 31.8 Å². The Labute approximate surface area is 174 Å². The van der Waals surface area contributed by atoms with Gasteiger partial charge >= 0.3 is 5.63 Å². The number of halogens is 2. The van der Waals surface area contributed by atoms with E-state index in [1.807, 2.05) is 18.2 Å². The summed E-state index contributed by atoms with van der Waals surface area (Å²) in [6, 6.07) is 15.5. The topological polar surface area (TPSA) is 45.5 Å². The zero-order valence-corrected chi connectivity index (χ0v) is 17.1. The molecule has 2 heterocycles. The number of piperidine rings is 1. The molecule has 4 nitrogen and oxygen atoms in total. The van der Waals surface area contributed by atoms with E-state index in [-0.39, 0.29) is 5.63 Å². The van der Waals surface area contributed by atoms with Gasteiger partial charge < -0.3 is 9.73 Å². The third-order valence-electron chi connectivity index (χ3n) is 5.49. The highest BCUT2D eigenvalue weighted by Gasteiger charge is 2.24. The minimum absolute atomic E-state index is 0.303. The summed E-state index contributed by atoms with van der Waals surface area (Å²) in [5.41, 5.74) is 2.26. The molecule has 1 aliphatic rings. The van der Waals surface area contributed by atoms with Crippen LogP contribution in [-0.2, 0) is 0 Å². The number of hydrogen-bond acceptors (Lipinski definition) is 4. The van der Waals surface area contributed by atoms with Crippen LogP contribution in [0.15, 0.2) is 57.7 Å². The van der Waals surface area contributed by atoms with Gasteiger partial charge in [0.15, 0.2) is 0 Å². The minimum atomic E-state index is -0.355. The number of nitrogens with one attached hydrogen (secondary N) is 1. The summed E-state index contributed by atoms with van der Waals surface area (Å²) < 4.78 is 5.28. The molecule has 146 valence electrons. The third-order valence-corrected chi connectivity index (χ3v) is 5.98. The Kier molecular flexibility index (Phi) is 5.63. The lowest BCUT2D eigenvalue weighted by molar-refractivity contribution is 0.167. The van der Waals surface area contributed by atoms with E-state index in [0.29, 0.717) is 22.7 Å². The van der Waals surface area contributed by atoms with Crippen LogP contribution in [-0.4, -0.2) is 24.0 Å². The van der Waals surface area contributed by atoms with Crippen molar-refractivity contribution in [2.75, 3.05) is 18.4 Å². The molecule has 0 spiro atoms. The van der Waals surface area contributed by atoms with Crippen molar-refractivity contribution >= 4 is 39.9 Å². The maximum Gasteiger partial charge on any atom is 0.338 e. The fourth-order valence-electron chi connectivity index (χ4n) is 3.86. The molecule has 28 heavy (non-hydrogen) atoms. The quantitative estimate of drug-likeness (QED) is 0.550. The molecule has 0 amide bonds. The third kappa shape index (κ3) is 4.19. The van der Waals surface area contributed by atoms with Gasteiger partial charge in [0.05, 0.1) is 5.69 Å². The highest BCUT2D eigenvalue weighted by Crippen LogP contribution is 2.29. The predicted molar refractivity (Wildman–Crippen MR) is 116 cm³/mol. The van der Waals surface area contributed by atoms with Crippen LogP contribution in [0.1, 0.15) is 31.4 Å². The van der Waals surface area contributed by atoms with E-state index >= 15 is 0 Å². The first-order chi connectivity index (χ1) is 13.5. The van der Waals surface area contributed by atoms with Crippen molar-refractivity contribution in [1.82, 2.24) is 4.90 Å². The summed E-state index contributed by atoms with van der Waals surface area (Å²) in [6.45, 7) is 4.21. The fourth-order valence-corrected chi connectivity index (χ4v) is 4.16. The van der Waals surface area contributed by atoms with Crippen molar-refractivity contribution in [2.24, 2.45) is 0 Å². The molecule has 3 aromatic rings. The Hall–Kier alpha value is -2.01. The van der Waals surface area contributed by atoms with E-state index in [1.54, 1.807) is 12.1 Å². The van der Waals surface area contributed by atoms with Crippen LogP contribution in [0, 0.1) is 0 Å². The van der Waals surface area contributed by atoms with Crippen LogP contribution in [0.5, 0.6) is 0 Å². The van der Waals surface area contributed by atoms with Gasteiger partial charge in [-0.15, -0.1) is 0 Å². The van der Waals surface area contributed by atoms with E-state index < -0.39 is 0 Å². The van der Waals surface area contributed by atoms with Crippen LogP contribution in [0.2, 0.25) is 10.0 Å². The van der Waals surface area contributed by atoms with Crippen molar-refractivity contribution in [3.8, 4) is 0 Å².